The molecule has 2 aromatic rings. The fourth-order valence-electron chi connectivity index (χ4n) is 3.01. The second-order valence-electron chi connectivity index (χ2n) is 7.43. The lowest BCUT2D eigenvalue weighted by Gasteiger charge is -2.29. The molecule has 188 valence electrons. The van der Waals surface area contributed by atoms with E-state index in [1.165, 1.54) is 4.90 Å². The average molecular weight is 496 g/mol. The third-order valence-corrected chi connectivity index (χ3v) is 4.71. The van der Waals surface area contributed by atoms with Crippen LogP contribution in [0.15, 0.2) is 12.1 Å². The van der Waals surface area contributed by atoms with Gasteiger partial charge in [-0.15, -0.1) is 10.2 Å². The number of benzene rings is 1. The van der Waals surface area contributed by atoms with E-state index in [9.17, 15) is 41.0 Å². The summed E-state index contributed by atoms with van der Waals surface area (Å²) in [6.07, 6.45) is -6.45. The highest BCUT2D eigenvalue weighted by Crippen LogP contribution is 2.29. The molecule has 3 rings (SSSR count). The van der Waals surface area contributed by atoms with E-state index in [4.69, 9.17) is 10.8 Å². The number of aliphatic hydroxyl groups excluding tert-OH is 1. The molecule has 1 amide bonds. The zero-order chi connectivity index (χ0) is 25.8. The van der Waals surface area contributed by atoms with Crippen LogP contribution in [0.2, 0.25) is 0 Å². The van der Waals surface area contributed by atoms with Gasteiger partial charge in [-0.25, -0.2) is 13.2 Å². The van der Waals surface area contributed by atoms with Gasteiger partial charge in [0.25, 0.3) is 0 Å². The Bertz CT molecular complexity index is 1040. The van der Waals surface area contributed by atoms with Crippen molar-refractivity contribution in [2.75, 3.05) is 6.54 Å². The number of aromatic nitrogens is 3. The summed E-state index contributed by atoms with van der Waals surface area (Å²) < 4.78 is 79.3. The van der Waals surface area contributed by atoms with Gasteiger partial charge in [-0.05, 0) is 25.0 Å². The Morgan fingerprint density at radius 1 is 1.15 bits per heavy atom. The molecule has 2 atom stereocenters. The number of hydrogen-bond acceptors (Lipinski definition) is 7. The monoisotopic (exact) mass is 496 g/mol. The largest absolute Gasteiger partial charge is 0.547 e. The number of alkyl halides is 3. The first-order chi connectivity index (χ1) is 15.7. The summed E-state index contributed by atoms with van der Waals surface area (Å²) in [7, 11) is 0. The fourth-order valence-corrected chi connectivity index (χ4v) is 3.01. The number of amides is 1. The van der Waals surface area contributed by atoms with Gasteiger partial charge in [0, 0.05) is 31.6 Å². The number of carbonyl (C=O) groups excluding carboxylic acids is 2. The van der Waals surface area contributed by atoms with E-state index in [1.807, 2.05) is 0 Å². The molecular formula is C19H20F6N5O4-. The quantitative estimate of drug-likeness (QED) is 0.444. The number of aliphatic carboxylic acids is 1. The van der Waals surface area contributed by atoms with Crippen molar-refractivity contribution in [1.29, 1.82) is 0 Å². The van der Waals surface area contributed by atoms with Crippen LogP contribution in [-0.4, -0.2) is 55.3 Å². The number of fused-ring (bicyclic) bond motifs is 1. The van der Waals surface area contributed by atoms with Crippen molar-refractivity contribution in [2.45, 2.75) is 51.2 Å². The average Bonchev–Trinajstić information content (AvgIpc) is 3.16. The Morgan fingerprint density at radius 3 is 2.29 bits per heavy atom. The van der Waals surface area contributed by atoms with Crippen molar-refractivity contribution >= 4 is 11.9 Å². The molecule has 1 aromatic heterocycles. The minimum absolute atomic E-state index is 0.000783. The van der Waals surface area contributed by atoms with E-state index < -0.39 is 53.5 Å². The highest BCUT2D eigenvalue weighted by atomic mass is 19.4. The van der Waals surface area contributed by atoms with Crippen molar-refractivity contribution < 1.29 is 46.1 Å². The molecule has 0 bridgehead atoms. The molecule has 15 heteroatoms. The highest BCUT2D eigenvalue weighted by molar-refractivity contribution is 5.77. The summed E-state index contributed by atoms with van der Waals surface area (Å²) in [6, 6.07) is 0.184. The zero-order valence-corrected chi connectivity index (χ0v) is 17.7. The number of nitrogens with two attached hydrogens (primary N) is 1. The van der Waals surface area contributed by atoms with E-state index in [0.717, 1.165) is 11.5 Å². The zero-order valence-electron chi connectivity index (χ0n) is 17.7. The van der Waals surface area contributed by atoms with Gasteiger partial charge >= 0.3 is 6.18 Å². The van der Waals surface area contributed by atoms with E-state index in [-0.39, 0.29) is 43.9 Å². The van der Waals surface area contributed by atoms with E-state index in [2.05, 4.69) is 10.2 Å². The first-order valence-electron chi connectivity index (χ1n) is 9.75. The lowest BCUT2D eigenvalue weighted by Crippen LogP contribution is -2.42. The molecule has 0 saturated carbocycles. The molecule has 0 saturated heterocycles. The molecule has 1 aromatic carbocycles. The smallest absolute Gasteiger partial charge is 0.451 e. The third kappa shape index (κ3) is 6.90. The van der Waals surface area contributed by atoms with Crippen molar-refractivity contribution in [3.8, 4) is 0 Å². The Kier molecular flexibility index (Phi) is 8.61. The van der Waals surface area contributed by atoms with Crippen LogP contribution in [0.5, 0.6) is 0 Å². The summed E-state index contributed by atoms with van der Waals surface area (Å²) in [6.45, 7) is 0.832. The van der Waals surface area contributed by atoms with Gasteiger partial charge in [-0.3, -0.25) is 4.79 Å². The Hall–Kier alpha value is -3.20. The van der Waals surface area contributed by atoms with Crippen LogP contribution in [0, 0.1) is 17.5 Å². The predicted molar refractivity (Wildman–Crippen MR) is 99.7 cm³/mol. The van der Waals surface area contributed by atoms with Gasteiger partial charge in [0.1, 0.15) is 5.82 Å². The second-order valence-corrected chi connectivity index (χ2v) is 7.43. The van der Waals surface area contributed by atoms with Gasteiger partial charge in [-0.1, -0.05) is 0 Å². The van der Waals surface area contributed by atoms with Crippen molar-refractivity contribution in [2.24, 2.45) is 5.73 Å². The number of hydrogen-bond donors (Lipinski definition) is 2. The Labute approximate surface area is 188 Å². The number of rotatable bonds is 5. The van der Waals surface area contributed by atoms with Crippen LogP contribution >= 0.6 is 0 Å². The van der Waals surface area contributed by atoms with Crippen molar-refractivity contribution in [3.63, 3.8) is 0 Å². The van der Waals surface area contributed by atoms with Crippen LogP contribution in [0.4, 0.5) is 26.3 Å². The van der Waals surface area contributed by atoms with Crippen LogP contribution in [0.3, 0.4) is 0 Å². The summed E-state index contributed by atoms with van der Waals surface area (Å²) in [4.78, 5) is 23.0. The minimum Gasteiger partial charge on any atom is -0.547 e. The fraction of sp³-hybridized carbons (Fsp3) is 0.474. The number of carboxylic acid groups (broad SMARTS) is 1. The summed E-state index contributed by atoms with van der Waals surface area (Å²) in [5.41, 5.74) is 5.64. The van der Waals surface area contributed by atoms with E-state index in [1.54, 1.807) is 0 Å². The van der Waals surface area contributed by atoms with Crippen LogP contribution in [0.25, 0.3) is 0 Å². The molecule has 0 fully saturated rings. The second kappa shape index (κ2) is 10.8. The molecule has 9 nitrogen and oxygen atoms in total. The first kappa shape index (κ1) is 27.0. The number of halogens is 6. The lowest BCUT2D eigenvalue weighted by atomic mass is 10.0. The Balaban J connectivity index is 0.000000604. The van der Waals surface area contributed by atoms with Gasteiger partial charge < -0.3 is 30.2 Å². The van der Waals surface area contributed by atoms with Gasteiger partial charge in [0.15, 0.2) is 17.5 Å². The summed E-state index contributed by atoms with van der Waals surface area (Å²) in [5.74, 6) is -6.58. The number of carbonyl (C=O) groups is 2. The molecule has 0 aliphatic carbocycles. The maximum Gasteiger partial charge on any atom is 0.451 e. The van der Waals surface area contributed by atoms with Crippen molar-refractivity contribution in [3.05, 3.63) is 46.8 Å². The number of aliphatic hydroxyl groups is 1. The normalized spacial score (nSPS) is 15.1. The van der Waals surface area contributed by atoms with Crippen LogP contribution in [-0.2, 0) is 35.3 Å². The van der Waals surface area contributed by atoms with Crippen LogP contribution < -0.4 is 10.8 Å². The molecule has 1 aliphatic rings. The maximum absolute atomic E-state index is 13.7. The van der Waals surface area contributed by atoms with Gasteiger partial charge in [0.05, 0.1) is 18.6 Å². The molecular weight excluding hydrogens is 476 g/mol. The molecule has 34 heavy (non-hydrogen) atoms. The molecule has 3 N–H and O–H groups in total. The van der Waals surface area contributed by atoms with E-state index in [0.29, 0.717) is 12.1 Å². The van der Waals surface area contributed by atoms with Gasteiger partial charge in [0.2, 0.25) is 11.7 Å². The number of nitrogens with zero attached hydrogens (tertiary/aromatic N) is 4. The number of carboxylic acids is 1. The highest BCUT2D eigenvalue weighted by Gasteiger charge is 2.40. The summed E-state index contributed by atoms with van der Waals surface area (Å²) in [5, 5.41) is 23.9. The topological polar surface area (TPSA) is 137 Å². The third-order valence-electron chi connectivity index (χ3n) is 4.71. The van der Waals surface area contributed by atoms with Gasteiger partial charge in [-0.2, -0.15) is 13.2 Å². The molecule has 2 heterocycles. The van der Waals surface area contributed by atoms with Crippen molar-refractivity contribution in [1.82, 2.24) is 19.7 Å². The maximum atomic E-state index is 13.7. The summed E-state index contributed by atoms with van der Waals surface area (Å²) >= 11 is 0. The predicted octanol–water partition coefficient (Wildman–Crippen LogP) is 0.134. The first-order valence-corrected chi connectivity index (χ1v) is 9.75. The molecule has 0 spiro atoms. The minimum atomic E-state index is -4.64. The van der Waals surface area contributed by atoms with E-state index >= 15 is 0 Å². The molecule has 1 aliphatic heterocycles. The lowest BCUT2D eigenvalue weighted by molar-refractivity contribution is -0.314. The SMILES string of the molecule is C[C@H](O)C(=O)[O-].N[C@@H](CC(=O)N1CCn2c(nnc2C(F)(F)F)C1)Cc1cc(F)c(F)cc1F. The van der Waals surface area contributed by atoms with Crippen LogP contribution in [0.1, 0.15) is 30.6 Å². The molecule has 0 radical (unpaired) electrons. The standard InChI is InChI=1S/C16H15F6N5O.C3H6O3/c17-10-6-12(19)11(18)4-8(10)3-9(23)5-14(28)26-1-2-27-13(7-26)24-25-15(27)16(20,21)22;1-2(4)3(5)6/h4,6,9H,1-3,5,7,23H2;2,4H,1H3,(H,5,6)/p-1/t9-;2-/m10/s1. The Morgan fingerprint density at radius 2 is 1.74 bits per heavy atom. The molecule has 0 unspecified atom stereocenters.